The zero-order valence-electron chi connectivity index (χ0n) is 8.46. The van der Waals surface area contributed by atoms with E-state index >= 15 is 0 Å². The fourth-order valence-corrected chi connectivity index (χ4v) is 2.30. The van der Waals surface area contributed by atoms with Crippen LogP contribution in [0.15, 0.2) is 5.38 Å². The number of rotatable bonds is 3. The van der Waals surface area contributed by atoms with Crippen LogP contribution in [0.1, 0.15) is 17.6 Å². The number of carbonyl (C=O) groups excluding carboxylic acids is 1. The molecule has 1 N–H and O–H groups in total. The highest BCUT2D eigenvalue weighted by Gasteiger charge is 2.38. The van der Waals surface area contributed by atoms with Crippen molar-refractivity contribution in [1.29, 1.82) is 0 Å². The van der Waals surface area contributed by atoms with Crippen molar-refractivity contribution >= 4 is 17.1 Å². The number of nitrogens with one attached hydrogen (secondary N) is 1. The summed E-state index contributed by atoms with van der Waals surface area (Å²) in [7, 11) is 0. The normalized spacial score (nSPS) is 19.0. The van der Waals surface area contributed by atoms with Gasteiger partial charge >= 0.3 is 0 Å². The highest BCUT2D eigenvalue weighted by molar-refractivity contribution is 7.09. The van der Waals surface area contributed by atoms with Crippen molar-refractivity contribution in [3.63, 3.8) is 0 Å². The molecule has 1 aromatic heterocycles. The van der Waals surface area contributed by atoms with E-state index in [1.54, 1.807) is 11.3 Å². The van der Waals surface area contributed by atoms with E-state index in [-0.39, 0.29) is 5.41 Å². The van der Waals surface area contributed by atoms with Crippen LogP contribution in [-0.2, 0) is 11.2 Å². The van der Waals surface area contributed by atoms with Crippen molar-refractivity contribution in [2.75, 3.05) is 13.1 Å². The first-order valence-electron chi connectivity index (χ1n) is 4.75. The van der Waals surface area contributed by atoms with Crippen molar-refractivity contribution in [2.24, 2.45) is 5.41 Å². The Morgan fingerprint density at radius 2 is 2.43 bits per heavy atom. The molecule has 4 heteroatoms. The van der Waals surface area contributed by atoms with Crippen LogP contribution in [0.25, 0.3) is 0 Å². The van der Waals surface area contributed by atoms with Gasteiger partial charge in [0.25, 0.3) is 0 Å². The molecule has 14 heavy (non-hydrogen) atoms. The lowest BCUT2D eigenvalue weighted by Gasteiger charge is -2.37. The Hall–Kier alpha value is -0.740. The van der Waals surface area contributed by atoms with Crippen LogP contribution in [-0.4, -0.2) is 23.9 Å². The van der Waals surface area contributed by atoms with Crippen molar-refractivity contribution in [3.05, 3.63) is 16.1 Å². The first kappa shape index (κ1) is 9.80. The van der Waals surface area contributed by atoms with E-state index in [1.165, 1.54) is 0 Å². The lowest BCUT2D eigenvalue weighted by molar-refractivity contribution is -0.129. The summed E-state index contributed by atoms with van der Waals surface area (Å²) in [6, 6.07) is 0. The molecule has 1 saturated heterocycles. The third-order valence-electron chi connectivity index (χ3n) is 2.68. The quantitative estimate of drug-likeness (QED) is 0.814. The number of Topliss-reactive ketones (excluding diaryl/α,β-unsaturated/α-hetero) is 1. The zero-order chi connectivity index (χ0) is 10.2. The Labute approximate surface area is 87.6 Å². The summed E-state index contributed by atoms with van der Waals surface area (Å²) in [6.45, 7) is 5.61. The predicted molar refractivity (Wildman–Crippen MR) is 56.5 cm³/mol. The van der Waals surface area contributed by atoms with E-state index < -0.39 is 0 Å². The number of nitrogens with zero attached hydrogens (tertiary/aromatic N) is 1. The molecule has 1 aliphatic heterocycles. The SMILES string of the molecule is Cc1csc(CC(=O)C2(C)CNC2)n1. The van der Waals surface area contributed by atoms with Crippen molar-refractivity contribution in [2.45, 2.75) is 20.3 Å². The summed E-state index contributed by atoms with van der Waals surface area (Å²) >= 11 is 1.58. The largest absolute Gasteiger partial charge is 0.315 e. The molecule has 2 heterocycles. The van der Waals surface area contributed by atoms with Gasteiger partial charge in [-0.25, -0.2) is 4.98 Å². The first-order valence-corrected chi connectivity index (χ1v) is 5.63. The number of carbonyl (C=O) groups is 1. The molecule has 1 fully saturated rings. The molecule has 2 rings (SSSR count). The fourth-order valence-electron chi connectivity index (χ4n) is 1.53. The van der Waals surface area contributed by atoms with Crippen LogP contribution in [0.2, 0.25) is 0 Å². The molecule has 0 aromatic carbocycles. The molecule has 0 amide bonds. The molecule has 1 aromatic rings. The Morgan fingerprint density at radius 1 is 1.71 bits per heavy atom. The number of ketones is 1. The second-order valence-electron chi connectivity index (χ2n) is 4.15. The highest BCUT2D eigenvalue weighted by atomic mass is 32.1. The van der Waals surface area contributed by atoms with E-state index in [0.29, 0.717) is 12.2 Å². The van der Waals surface area contributed by atoms with Crippen LogP contribution in [0.3, 0.4) is 0 Å². The van der Waals surface area contributed by atoms with Crippen LogP contribution in [0.5, 0.6) is 0 Å². The molecule has 0 spiro atoms. The molecular weight excluding hydrogens is 196 g/mol. The molecule has 3 nitrogen and oxygen atoms in total. The summed E-state index contributed by atoms with van der Waals surface area (Å²) in [4.78, 5) is 16.2. The van der Waals surface area contributed by atoms with Crippen molar-refractivity contribution in [3.8, 4) is 0 Å². The second-order valence-corrected chi connectivity index (χ2v) is 5.09. The molecule has 0 atom stereocenters. The molecule has 0 saturated carbocycles. The first-order chi connectivity index (χ1) is 6.60. The monoisotopic (exact) mass is 210 g/mol. The van der Waals surface area contributed by atoms with E-state index in [9.17, 15) is 4.79 Å². The van der Waals surface area contributed by atoms with Gasteiger partial charge in [0, 0.05) is 24.2 Å². The predicted octanol–water partition coefficient (Wildman–Crippen LogP) is 1.17. The Bertz CT molecular complexity index is 355. The summed E-state index contributed by atoms with van der Waals surface area (Å²) in [6.07, 6.45) is 0.497. The average molecular weight is 210 g/mol. The average Bonchev–Trinajstić information content (AvgIpc) is 2.47. The molecule has 76 valence electrons. The van der Waals surface area contributed by atoms with Gasteiger partial charge in [0.1, 0.15) is 10.8 Å². The number of hydrogen-bond donors (Lipinski definition) is 1. The van der Waals surface area contributed by atoms with Crippen LogP contribution < -0.4 is 5.32 Å². The topological polar surface area (TPSA) is 42.0 Å². The van der Waals surface area contributed by atoms with Gasteiger partial charge in [0.05, 0.1) is 11.8 Å². The van der Waals surface area contributed by atoms with Crippen molar-refractivity contribution in [1.82, 2.24) is 10.3 Å². The van der Waals surface area contributed by atoms with E-state index in [2.05, 4.69) is 10.3 Å². The van der Waals surface area contributed by atoms with Crippen LogP contribution in [0, 0.1) is 12.3 Å². The second kappa shape index (κ2) is 3.44. The standard InChI is InChI=1S/C10H14N2OS/c1-7-4-14-9(12-7)3-8(13)10(2)5-11-6-10/h4,11H,3,5-6H2,1-2H3. The maximum Gasteiger partial charge on any atom is 0.148 e. The molecule has 1 aliphatic rings. The minimum atomic E-state index is -0.139. The molecule has 0 aliphatic carbocycles. The summed E-state index contributed by atoms with van der Waals surface area (Å²) in [5.41, 5.74) is 0.870. The number of aryl methyl sites for hydroxylation is 1. The smallest absolute Gasteiger partial charge is 0.148 e. The van der Waals surface area contributed by atoms with Gasteiger partial charge in [0.15, 0.2) is 0 Å². The van der Waals surface area contributed by atoms with Gasteiger partial charge in [-0.3, -0.25) is 4.79 Å². The van der Waals surface area contributed by atoms with E-state index in [0.717, 1.165) is 23.8 Å². The molecule has 0 radical (unpaired) electrons. The van der Waals surface area contributed by atoms with Gasteiger partial charge in [0.2, 0.25) is 0 Å². The number of thiazole rings is 1. The van der Waals surface area contributed by atoms with Crippen LogP contribution >= 0.6 is 11.3 Å². The van der Waals surface area contributed by atoms with Crippen molar-refractivity contribution < 1.29 is 4.79 Å². The summed E-state index contributed by atoms with van der Waals surface area (Å²) in [5, 5.41) is 6.07. The summed E-state index contributed by atoms with van der Waals surface area (Å²) < 4.78 is 0. The number of hydrogen-bond acceptors (Lipinski definition) is 4. The lowest BCUT2D eigenvalue weighted by Crippen LogP contribution is -2.56. The van der Waals surface area contributed by atoms with E-state index in [4.69, 9.17) is 0 Å². The summed E-state index contributed by atoms with van der Waals surface area (Å²) in [5.74, 6) is 0.311. The Balaban J connectivity index is 2.01. The van der Waals surface area contributed by atoms with E-state index in [1.807, 2.05) is 19.2 Å². The molecular formula is C10H14N2OS. The third-order valence-corrected chi connectivity index (χ3v) is 3.65. The third kappa shape index (κ3) is 1.72. The maximum absolute atomic E-state index is 11.9. The van der Waals surface area contributed by atoms with Crippen LogP contribution in [0.4, 0.5) is 0 Å². The zero-order valence-corrected chi connectivity index (χ0v) is 9.28. The minimum absolute atomic E-state index is 0.139. The lowest BCUT2D eigenvalue weighted by atomic mass is 9.79. The molecule has 0 unspecified atom stereocenters. The minimum Gasteiger partial charge on any atom is -0.315 e. The Morgan fingerprint density at radius 3 is 2.86 bits per heavy atom. The van der Waals surface area contributed by atoms with Gasteiger partial charge in [-0.1, -0.05) is 6.92 Å². The highest BCUT2D eigenvalue weighted by Crippen LogP contribution is 2.25. The number of aromatic nitrogens is 1. The van der Waals surface area contributed by atoms with Gasteiger partial charge in [-0.15, -0.1) is 11.3 Å². The van der Waals surface area contributed by atoms with Gasteiger partial charge in [-0.2, -0.15) is 0 Å². The maximum atomic E-state index is 11.9. The Kier molecular flexibility index (Phi) is 2.41. The fraction of sp³-hybridized carbons (Fsp3) is 0.600. The van der Waals surface area contributed by atoms with Gasteiger partial charge in [-0.05, 0) is 6.92 Å². The molecule has 0 bridgehead atoms. The van der Waals surface area contributed by atoms with Gasteiger partial charge < -0.3 is 5.32 Å².